The lowest BCUT2D eigenvalue weighted by atomic mass is 10.3. The lowest BCUT2D eigenvalue weighted by molar-refractivity contribution is -0.116. The van der Waals surface area contributed by atoms with E-state index in [9.17, 15) is 4.79 Å². The summed E-state index contributed by atoms with van der Waals surface area (Å²) in [5.74, 6) is 0.568. The maximum absolute atomic E-state index is 12.3. The van der Waals surface area contributed by atoms with Crippen molar-refractivity contribution in [1.82, 2.24) is 19.7 Å². The van der Waals surface area contributed by atoms with Gasteiger partial charge in [-0.05, 0) is 36.4 Å². The van der Waals surface area contributed by atoms with Crippen LogP contribution < -0.4 is 10.1 Å². The van der Waals surface area contributed by atoms with Crippen LogP contribution in [0.5, 0.6) is 5.75 Å². The predicted octanol–water partition coefficient (Wildman–Crippen LogP) is 3.80. The molecule has 0 aliphatic rings. The van der Waals surface area contributed by atoms with Crippen LogP contribution in [0.25, 0.3) is 11.0 Å². The predicted molar refractivity (Wildman–Crippen MR) is 109 cm³/mol. The van der Waals surface area contributed by atoms with E-state index in [-0.39, 0.29) is 12.5 Å². The number of para-hydroxylation sites is 2. The van der Waals surface area contributed by atoms with Crippen LogP contribution in [0.2, 0.25) is 5.02 Å². The number of carbonyl (C=O) groups excluding carboxylic acids is 1. The Kier molecular flexibility index (Phi) is 5.50. The molecular weight excluding hydrogens is 398 g/mol. The Morgan fingerprint density at radius 2 is 1.96 bits per heavy atom. The van der Waals surface area contributed by atoms with Gasteiger partial charge in [-0.2, -0.15) is 0 Å². The molecule has 1 N–H and O–H groups in total. The summed E-state index contributed by atoms with van der Waals surface area (Å²) in [6, 6.07) is 14.9. The molecule has 0 unspecified atom stereocenters. The number of hydrogen-bond acceptors (Lipinski definition) is 6. The Morgan fingerprint density at radius 3 is 2.82 bits per heavy atom. The third-order valence-electron chi connectivity index (χ3n) is 3.95. The van der Waals surface area contributed by atoms with Crippen molar-refractivity contribution < 1.29 is 9.53 Å². The first-order chi connectivity index (χ1) is 13.7. The van der Waals surface area contributed by atoms with Gasteiger partial charge < -0.3 is 9.30 Å². The van der Waals surface area contributed by atoms with Crippen LogP contribution >= 0.6 is 22.9 Å². The fourth-order valence-electron chi connectivity index (χ4n) is 2.64. The van der Waals surface area contributed by atoms with Gasteiger partial charge in [-0.25, -0.2) is 4.98 Å². The molecule has 7 nitrogen and oxygen atoms in total. The first-order valence-corrected chi connectivity index (χ1v) is 9.77. The molecule has 4 rings (SSSR count). The monoisotopic (exact) mass is 413 g/mol. The second kappa shape index (κ2) is 8.37. The molecule has 28 heavy (non-hydrogen) atoms. The van der Waals surface area contributed by atoms with Gasteiger partial charge in [-0.3, -0.25) is 10.1 Å². The van der Waals surface area contributed by atoms with E-state index in [4.69, 9.17) is 16.3 Å². The normalized spacial score (nSPS) is 10.9. The number of carbonyl (C=O) groups is 1. The molecule has 0 aliphatic heterocycles. The third kappa shape index (κ3) is 4.47. The smallest absolute Gasteiger partial charge is 0.246 e. The number of nitrogens with one attached hydrogen (secondary N) is 1. The zero-order valence-electron chi connectivity index (χ0n) is 14.7. The summed E-state index contributed by atoms with van der Waals surface area (Å²) in [6.45, 7) is 0.625. The molecule has 4 aromatic rings. The quantitative estimate of drug-likeness (QED) is 0.498. The Morgan fingerprint density at radius 1 is 1.14 bits per heavy atom. The maximum atomic E-state index is 12.3. The number of imidazole rings is 1. The lowest BCUT2D eigenvalue weighted by Gasteiger charge is -2.04. The summed E-state index contributed by atoms with van der Waals surface area (Å²) >= 11 is 7.18. The van der Waals surface area contributed by atoms with Crippen molar-refractivity contribution in [2.24, 2.45) is 0 Å². The van der Waals surface area contributed by atoms with Gasteiger partial charge in [0, 0.05) is 11.4 Å². The summed E-state index contributed by atoms with van der Waals surface area (Å²) in [7, 11) is 0. The molecule has 1 amide bonds. The lowest BCUT2D eigenvalue weighted by Crippen LogP contribution is -2.18. The molecule has 0 radical (unpaired) electrons. The minimum Gasteiger partial charge on any atom is -0.493 e. The van der Waals surface area contributed by atoms with Crippen molar-refractivity contribution in [3.63, 3.8) is 0 Å². The van der Waals surface area contributed by atoms with Crippen LogP contribution in [-0.4, -0.2) is 32.3 Å². The van der Waals surface area contributed by atoms with Gasteiger partial charge in [-0.15, -0.1) is 10.2 Å². The minimum atomic E-state index is -0.178. The van der Waals surface area contributed by atoms with E-state index in [0.717, 1.165) is 21.8 Å². The minimum absolute atomic E-state index is 0.162. The maximum Gasteiger partial charge on any atom is 0.246 e. The number of aromatic nitrogens is 4. The van der Waals surface area contributed by atoms with E-state index in [1.54, 1.807) is 23.0 Å². The van der Waals surface area contributed by atoms with Crippen molar-refractivity contribution in [3.8, 4) is 5.75 Å². The average molecular weight is 414 g/mol. The fourth-order valence-corrected chi connectivity index (χ4v) is 3.50. The summed E-state index contributed by atoms with van der Waals surface area (Å²) < 4.78 is 7.45. The number of amides is 1. The summed E-state index contributed by atoms with van der Waals surface area (Å²) in [4.78, 5) is 16.6. The number of nitrogens with zero attached hydrogens (tertiary/aromatic N) is 4. The highest BCUT2D eigenvalue weighted by atomic mass is 35.5. The number of anilines is 1. The Labute approximate surface area is 170 Å². The molecule has 2 heterocycles. The number of hydrogen-bond donors (Lipinski definition) is 1. The van der Waals surface area contributed by atoms with Crippen molar-refractivity contribution >= 4 is 45.0 Å². The zero-order valence-corrected chi connectivity index (χ0v) is 16.3. The second-order valence-corrected chi connectivity index (χ2v) is 7.46. The zero-order chi connectivity index (χ0) is 19.3. The van der Waals surface area contributed by atoms with Gasteiger partial charge in [-0.1, -0.05) is 35.1 Å². The Bertz CT molecular complexity index is 1090. The standard InChI is InChI=1S/C19H16ClN5O2S/c20-13-5-7-14(8-6-13)27-10-9-18-23-24-19(28-18)22-17(26)11-25-12-21-15-3-1-2-4-16(15)25/h1-8,12H,9-11H2,(H,22,24,26). The molecular formula is C19H16ClN5O2S. The third-order valence-corrected chi connectivity index (χ3v) is 5.10. The molecule has 0 saturated heterocycles. The average Bonchev–Trinajstić information content (AvgIpc) is 3.31. The topological polar surface area (TPSA) is 81.9 Å². The van der Waals surface area contributed by atoms with E-state index >= 15 is 0 Å². The highest BCUT2D eigenvalue weighted by Crippen LogP contribution is 2.18. The number of halogens is 1. The van der Waals surface area contributed by atoms with E-state index in [1.807, 2.05) is 36.4 Å². The van der Waals surface area contributed by atoms with E-state index in [0.29, 0.717) is 23.2 Å². The molecule has 9 heteroatoms. The molecule has 0 atom stereocenters. The Balaban J connectivity index is 1.29. The van der Waals surface area contributed by atoms with Crippen LogP contribution in [-0.2, 0) is 17.8 Å². The number of ether oxygens (including phenoxy) is 1. The number of rotatable bonds is 7. The molecule has 0 spiro atoms. The largest absolute Gasteiger partial charge is 0.493 e. The van der Waals surface area contributed by atoms with Crippen LogP contribution in [0, 0.1) is 0 Å². The van der Waals surface area contributed by atoms with E-state index in [1.165, 1.54) is 11.3 Å². The summed E-state index contributed by atoms with van der Waals surface area (Å²) in [5, 5.41) is 12.8. The van der Waals surface area contributed by atoms with E-state index < -0.39 is 0 Å². The molecule has 2 aromatic carbocycles. The van der Waals surface area contributed by atoms with Gasteiger partial charge in [0.25, 0.3) is 0 Å². The molecule has 0 aliphatic carbocycles. The van der Waals surface area contributed by atoms with Crippen molar-refractivity contribution in [2.75, 3.05) is 11.9 Å². The fraction of sp³-hybridized carbons (Fsp3) is 0.158. The molecule has 0 bridgehead atoms. The van der Waals surface area contributed by atoms with Crippen LogP contribution in [0.4, 0.5) is 5.13 Å². The van der Waals surface area contributed by atoms with Gasteiger partial charge in [0.15, 0.2) is 0 Å². The summed E-state index contributed by atoms with van der Waals surface area (Å²) in [5.41, 5.74) is 1.77. The van der Waals surface area contributed by atoms with Gasteiger partial charge >= 0.3 is 0 Å². The first kappa shape index (κ1) is 18.4. The van der Waals surface area contributed by atoms with Crippen LogP contribution in [0.1, 0.15) is 5.01 Å². The SMILES string of the molecule is O=C(Cn1cnc2ccccc21)Nc1nnc(CCOc2ccc(Cl)cc2)s1. The molecule has 0 fully saturated rings. The van der Waals surface area contributed by atoms with Crippen molar-refractivity contribution in [3.05, 3.63) is 64.9 Å². The van der Waals surface area contributed by atoms with Crippen LogP contribution in [0.15, 0.2) is 54.9 Å². The van der Waals surface area contributed by atoms with Crippen molar-refractivity contribution in [1.29, 1.82) is 0 Å². The molecule has 142 valence electrons. The number of benzene rings is 2. The highest BCUT2D eigenvalue weighted by molar-refractivity contribution is 7.15. The van der Waals surface area contributed by atoms with Crippen molar-refractivity contribution in [2.45, 2.75) is 13.0 Å². The van der Waals surface area contributed by atoms with Crippen LogP contribution in [0.3, 0.4) is 0 Å². The molecule has 2 aromatic heterocycles. The highest BCUT2D eigenvalue weighted by Gasteiger charge is 2.11. The number of fused-ring (bicyclic) bond motifs is 1. The molecule has 0 saturated carbocycles. The van der Waals surface area contributed by atoms with Gasteiger partial charge in [0.05, 0.1) is 24.0 Å². The second-order valence-electron chi connectivity index (χ2n) is 5.96. The van der Waals surface area contributed by atoms with E-state index in [2.05, 4.69) is 20.5 Å². The Hall–Kier alpha value is -2.97. The van der Waals surface area contributed by atoms with Gasteiger partial charge in [0.2, 0.25) is 11.0 Å². The van der Waals surface area contributed by atoms with Gasteiger partial charge in [0.1, 0.15) is 17.3 Å². The first-order valence-electron chi connectivity index (χ1n) is 8.58. The summed E-state index contributed by atoms with van der Waals surface area (Å²) in [6.07, 6.45) is 2.26.